The Bertz CT molecular complexity index is 1090. The van der Waals surface area contributed by atoms with Crippen LogP contribution < -0.4 is 10.2 Å². The Hall–Kier alpha value is -3.67. The van der Waals surface area contributed by atoms with Crippen molar-refractivity contribution in [3.8, 4) is 0 Å². The Kier molecular flexibility index (Phi) is 4.53. The van der Waals surface area contributed by atoms with Crippen molar-refractivity contribution >= 4 is 39.9 Å². The number of rotatable bonds is 4. The normalized spacial score (nSPS) is 16.4. The molecule has 0 aromatic heterocycles. The maximum Gasteiger partial charge on any atom is 0.335 e. The first-order valence-corrected chi connectivity index (χ1v) is 8.95. The topological polar surface area (TPSA) is 86.7 Å². The quantitative estimate of drug-likeness (QED) is 0.731. The summed E-state index contributed by atoms with van der Waals surface area (Å²) in [5.74, 6) is -1.95. The first-order valence-electron chi connectivity index (χ1n) is 8.95. The lowest BCUT2D eigenvalue weighted by Crippen LogP contribution is -2.28. The van der Waals surface area contributed by atoms with E-state index in [4.69, 9.17) is 5.11 Å². The van der Waals surface area contributed by atoms with Crippen molar-refractivity contribution in [1.82, 2.24) is 0 Å². The Morgan fingerprint density at radius 1 is 1.00 bits per heavy atom. The second-order valence-corrected chi connectivity index (χ2v) is 6.78. The monoisotopic (exact) mass is 374 g/mol. The lowest BCUT2D eigenvalue weighted by molar-refractivity contribution is -0.122. The molecule has 3 aromatic carbocycles. The summed E-state index contributed by atoms with van der Waals surface area (Å²) in [7, 11) is 0. The lowest BCUT2D eigenvalue weighted by Gasteiger charge is -2.19. The van der Waals surface area contributed by atoms with Gasteiger partial charge in [0.25, 0.3) is 0 Å². The van der Waals surface area contributed by atoms with Crippen molar-refractivity contribution in [2.24, 2.45) is 5.92 Å². The zero-order valence-electron chi connectivity index (χ0n) is 15.0. The van der Waals surface area contributed by atoms with Gasteiger partial charge < -0.3 is 15.3 Å². The highest BCUT2D eigenvalue weighted by atomic mass is 16.4. The van der Waals surface area contributed by atoms with E-state index in [1.165, 1.54) is 12.1 Å². The number of hydrogen-bond donors (Lipinski definition) is 2. The predicted octanol–water partition coefficient (Wildman–Crippen LogP) is 3.53. The number of carboxylic acid groups (broad SMARTS) is 1. The van der Waals surface area contributed by atoms with Crippen molar-refractivity contribution in [1.29, 1.82) is 0 Å². The van der Waals surface area contributed by atoms with Crippen molar-refractivity contribution in [3.05, 3.63) is 72.3 Å². The third-order valence-electron chi connectivity index (χ3n) is 4.93. The number of benzene rings is 3. The van der Waals surface area contributed by atoms with Crippen LogP contribution >= 0.6 is 0 Å². The standard InChI is InChI=1S/C22H18N2O4/c25-20-12-16(21(26)23-17-8-3-7-15(11-17)22(27)28)13-24(20)19-10-4-6-14-5-1-2-9-18(14)19/h1-11,16H,12-13H2,(H,23,26)(H,27,28)/t16-/m1/s1. The molecule has 28 heavy (non-hydrogen) atoms. The van der Waals surface area contributed by atoms with Crippen molar-refractivity contribution in [2.45, 2.75) is 6.42 Å². The van der Waals surface area contributed by atoms with Crippen LogP contribution in [0, 0.1) is 5.92 Å². The molecule has 0 bridgehead atoms. The van der Waals surface area contributed by atoms with Crippen LogP contribution in [0.3, 0.4) is 0 Å². The van der Waals surface area contributed by atoms with E-state index in [2.05, 4.69) is 5.32 Å². The van der Waals surface area contributed by atoms with Crippen LogP contribution in [-0.2, 0) is 9.59 Å². The fraction of sp³-hybridized carbons (Fsp3) is 0.136. The van der Waals surface area contributed by atoms with Crippen LogP contribution in [0.1, 0.15) is 16.8 Å². The number of carbonyl (C=O) groups is 3. The molecule has 6 nitrogen and oxygen atoms in total. The molecule has 0 radical (unpaired) electrons. The van der Waals surface area contributed by atoms with Crippen molar-refractivity contribution < 1.29 is 19.5 Å². The van der Waals surface area contributed by atoms with Crippen molar-refractivity contribution in [3.63, 3.8) is 0 Å². The number of nitrogens with zero attached hydrogens (tertiary/aromatic N) is 1. The molecular weight excluding hydrogens is 356 g/mol. The summed E-state index contributed by atoms with van der Waals surface area (Å²) in [4.78, 5) is 38.0. The molecule has 1 aliphatic heterocycles. The van der Waals surface area contributed by atoms with Gasteiger partial charge >= 0.3 is 5.97 Å². The summed E-state index contributed by atoms with van der Waals surface area (Å²) in [5, 5.41) is 13.8. The number of nitrogens with one attached hydrogen (secondary N) is 1. The summed E-state index contributed by atoms with van der Waals surface area (Å²) in [5.41, 5.74) is 1.30. The number of carbonyl (C=O) groups excluding carboxylic acids is 2. The van der Waals surface area contributed by atoms with Gasteiger partial charge in [0.2, 0.25) is 11.8 Å². The molecule has 3 aromatic rings. The smallest absolute Gasteiger partial charge is 0.335 e. The van der Waals surface area contributed by atoms with Crippen LogP contribution in [0.4, 0.5) is 11.4 Å². The lowest BCUT2D eigenvalue weighted by atomic mass is 10.1. The minimum atomic E-state index is -1.06. The summed E-state index contributed by atoms with van der Waals surface area (Å²) in [6, 6.07) is 19.6. The number of aromatic carboxylic acids is 1. The molecule has 0 unspecified atom stereocenters. The Morgan fingerprint density at radius 2 is 1.75 bits per heavy atom. The van der Waals surface area contributed by atoms with Crippen LogP contribution in [0.2, 0.25) is 0 Å². The molecular formula is C22H18N2O4. The highest BCUT2D eigenvalue weighted by molar-refractivity contribution is 6.08. The molecule has 1 aliphatic rings. The van der Waals surface area contributed by atoms with E-state index in [0.717, 1.165) is 16.5 Å². The van der Waals surface area contributed by atoms with Crippen LogP contribution in [-0.4, -0.2) is 29.4 Å². The van der Waals surface area contributed by atoms with E-state index < -0.39 is 11.9 Å². The van der Waals surface area contributed by atoms with Crippen molar-refractivity contribution in [2.75, 3.05) is 16.8 Å². The maximum absolute atomic E-state index is 12.6. The second kappa shape index (κ2) is 7.15. The fourth-order valence-corrected chi connectivity index (χ4v) is 3.53. The van der Waals surface area contributed by atoms with Gasteiger partial charge in [-0.15, -0.1) is 0 Å². The predicted molar refractivity (Wildman–Crippen MR) is 106 cm³/mol. The highest BCUT2D eigenvalue weighted by Crippen LogP contribution is 2.32. The molecule has 6 heteroatoms. The molecule has 140 valence electrons. The third-order valence-corrected chi connectivity index (χ3v) is 4.93. The number of amides is 2. The average molecular weight is 374 g/mol. The Morgan fingerprint density at radius 3 is 2.57 bits per heavy atom. The molecule has 1 fully saturated rings. The van der Waals surface area contributed by atoms with E-state index in [1.807, 2.05) is 42.5 Å². The number of hydrogen-bond acceptors (Lipinski definition) is 3. The van der Waals surface area contributed by atoms with Gasteiger partial charge in [0, 0.05) is 24.0 Å². The Balaban J connectivity index is 1.54. The molecule has 2 amide bonds. The van der Waals surface area contributed by atoms with E-state index in [0.29, 0.717) is 5.69 Å². The molecule has 0 saturated carbocycles. The third kappa shape index (κ3) is 3.32. The second-order valence-electron chi connectivity index (χ2n) is 6.78. The number of fused-ring (bicyclic) bond motifs is 1. The van der Waals surface area contributed by atoms with Gasteiger partial charge in [-0.1, -0.05) is 42.5 Å². The van der Waals surface area contributed by atoms with Gasteiger partial charge in [-0.3, -0.25) is 9.59 Å². The van der Waals surface area contributed by atoms with E-state index in [-0.39, 0.29) is 30.3 Å². The Labute approximate surface area is 161 Å². The largest absolute Gasteiger partial charge is 0.478 e. The number of anilines is 2. The van der Waals surface area contributed by atoms with Crippen LogP contribution in [0.5, 0.6) is 0 Å². The van der Waals surface area contributed by atoms with Crippen LogP contribution in [0.25, 0.3) is 10.8 Å². The average Bonchev–Trinajstić information content (AvgIpc) is 3.09. The molecule has 4 rings (SSSR count). The van der Waals surface area contributed by atoms with Gasteiger partial charge in [-0.05, 0) is 29.7 Å². The minimum absolute atomic E-state index is 0.0951. The van der Waals surface area contributed by atoms with E-state index in [9.17, 15) is 14.4 Å². The zero-order chi connectivity index (χ0) is 19.7. The van der Waals surface area contributed by atoms with Gasteiger partial charge in [0.1, 0.15) is 0 Å². The minimum Gasteiger partial charge on any atom is -0.478 e. The molecule has 1 heterocycles. The van der Waals surface area contributed by atoms with Crippen LogP contribution in [0.15, 0.2) is 66.7 Å². The zero-order valence-corrected chi connectivity index (χ0v) is 15.0. The fourth-order valence-electron chi connectivity index (χ4n) is 3.53. The molecule has 0 aliphatic carbocycles. The summed E-state index contributed by atoms with van der Waals surface area (Å²) < 4.78 is 0. The molecule has 0 spiro atoms. The summed E-state index contributed by atoms with van der Waals surface area (Å²) in [6.45, 7) is 0.289. The van der Waals surface area contributed by atoms with Gasteiger partial charge in [0.05, 0.1) is 17.2 Å². The first kappa shape index (κ1) is 17.7. The first-order chi connectivity index (χ1) is 13.5. The maximum atomic E-state index is 12.6. The molecule has 1 atom stereocenters. The highest BCUT2D eigenvalue weighted by Gasteiger charge is 2.35. The molecule has 2 N–H and O–H groups in total. The van der Waals surface area contributed by atoms with E-state index in [1.54, 1.807) is 17.0 Å². The van der Waals surface area contributed by atoms with Gasteiger partial charge in [-0.25, -0.2) is 4.79 Å². The van der Waals surface area contributed by atoms with Gasteiger partial charge in [0.15, 0.2) is 0 Å². The SMILES string of the molecule is O=C(O)c1cccc(NC(=O)[C@@H]2CC(=O)N(c3cccc4ccccc34)C2)c1. The summed E-state index contributed by atoms with van der Waals surface area (Å²) in [6.07, 6.45) is 0.119. The molecule has 1 saturated heterocycles. The van der Waals surface area contributed by atoms with E-state index >= 15 is 0 Å². The number of carboxylic acids is 1. The summed E-state index contributed by atoms with van der Waals surface area (Å²) >= 11 is 0. The van der Waals surface area contributed by atoms with Gasteiger partial charge in [-0.2, -0.15) is 0 Å².